The van der Waals surface area contributed by atoms with Crippen molar-refractivity contribution in [2.24, 2.45) is 0 Å². The van der Waals surface area contributed by atoms with Crippen LogP contribution in [0.2, 0.25) is 0 Å². The fourth-order valence-electron chi connectivity index (χ4n) is 5.59. The van der Waals surface area contributed by atoms with Gasteiger partial charge in [0, 0.05) is 49.4 Å². The monoisotopic (exact) mass is 570 g/mol. The van der Waals surface area contributed by atoms with E-state index in [1.165, 1.54) is 5.56 Å². The minimum absolute atomic E-state index is 0.0355. The molecule has 4 aromatic rings. The van der Waals surface area contributed by atoms with Crippen molar-refractivity contribution >= 4 is 26.8 Å². The molecule has 3 heterocycles. The van der Waals surface area contributed by atoms with Gasteiger partial charge in [0.2, 0.25) is 0 Å². The Bertz CT molecular complexity index is 1720. The van der Waals surface area contributed by atoms with Crippen LogP contribution in [0.4, 0.5) is 0 Å². The van der Waals surface area contributed by atoms with Gasteiger partial charge in [0.25, 0.3) is 5.91 Å². The second kappa shape index (κ2) is 11.3. The Kier molecular flexibility index (Phi) is 7.59. The van der Waals surface area contributed by atoms with Crippen LogP contribution in [0.5, 0.6) is 0 Å². The maximum absolute atomic E-state index is 13.0. The zero-order chi connectivity index (χ0) is 28.6. The third-order valence-electron chi connectivity index (χ3n) is 8.11. The molecule has 8 nitrogen and oxygen atoms in total. The molecule has 9 heteroatoms. The summed E-state index contributed by atoms with van der Waals surface area (Å²) in [4.78, 5) is 26.9. The summed E-state index contributed by atoms with van der Waals surface area (Å²) < 4.78 is 29.0. The quantitative estimate of drug-likeness (QED) is 0.354. The molecule has 0 unspecified atom stereocenters. The first kappa shape index (κ1) is 27.5. The third-order valence-corrected chi connectivity index (χ3v) is 9.72. The summed E-state index contributed by atoms with van der Waals surface area (Å²) in [7, 11) is -2.89. The lowest BCUT2D eigenvalue weighted by molar-refractivity contribution is 0.0302. The number of rotatable bonds is 5. The highest BCUT2D eigenvalue weighted by Gasteiger charge is 2.23. The summed E-state index contributed by atoms with van der Waals surface area (Å²) in [6.45, 7) is 8.33. The number of aryl methyl sites for hydroxylation is 2. The van der Waals surface area contributed by atoms with Crippen LogP contribution in [0.15, 0.2) is 60.8 Å². The van der Waals surface area contributed by atoms with Crippen molar-refractivity contribution in [1.29, 1.82) is 0 Å². The van der Waals surface area contributed by atoms with Crippen LogP contribution in [-0.4, -0.2) is 85.0 Å². The molecule has 2 saturated heterocycles. The number of nitrogens with zero attached hydrogens (tertiary/aromatic N) is 4. The van der Waals surface area contributed by atoms with Crippen molar-refractivity contribution in [3.8, 4) is 22.4 Å². The van der Waals surface area contributed by atoms with Crippen molar-refractivity contribution in [2.75, 3.05) is 50.9 Å². The molecule has 0 N–H and O–H groups in total. The highest BCUT2D eigenvalue weighted by molar-refractivity contribution is 7.91. The first-order chi connectivity index (χ1) is 19.8. The molecule has 0 aliphatic carbocycles. The number of hydrogen-bond acceptors (Lipinski definition) is 7. The molecular weight excluding hydrogens is 536 g/mol. The van der Waals surface area contributed by atoms with Gasteiger partial charge in [-0.05, 0) is 54.3 Å². The number of morpholine rings is 1. The van der Waals surface area contributed by atoms with Crippen molar-refractivity contribution in [3.63, 3.8) is 0 Å². The van der Waals surface area contributed by atoms with Crippen LogP contribution >= 0.6 is 0 Å². The number of para-hydroxylation sites is 1. The van der Waals surface area contributed by atoms with Gasteiger partial charge in [-0.15, -0.1) is 0 Å². The lowest BCUT2D eigenvalue weighted by Gasteiger charge is -2.27. The second-order valence-electron chi connectivity index (χ2n) is 10.9. The van der Waals surface area contributed by atoms with Crippen LogP contribution in [0, 0.1) is 13.8 Å². The number of hydrogen-bond donors (Lipinski definition) is 0. The van der Waals surface area contributed by atoms with E-state index in [1.54, 1.807) is 6.20 Å². The lowest BCUT2D eigenvalue weighted by atomic mass is 9.98. The molecule has 0 radical (unpaired) electrons. The van der Waals surface area contributed by atoms with Crippen LogP contribution in [0.25, 0.3) is 33.4 Å². The van der Waals surface area contributed by atoms with Crippen LogP contribution < -0.4 is 0 Å². The Hall–Kier alpha value is -3.66. The highest BCUT2D eigenvalue weighted by Crippen LogP contribution is 2.31. The van der Waals surface area contributed by atoms with Gasteiger partial charge in [0.05, 0.1) is 47.6 Å². The normalized spacial score (nSPS) is 17.6. The number of amides is 1. The fraction of sp³-hybridized carbons (Fsp3) is 0.344. The van der Waals surface area contributed by atoms with Gasteiger partial charge >= 0.3 is 0 Å². The molecule has 0 saturated carbocycles. The molecule has 41 heavy (non-hydrogen) atoms. The van der Waals surface area contributed by atoms with E-state index >= 15 is 0 Å². The van der Waals surface area contributed by atoms with Gasteiger partial charge in [-0.25, -0.2) is 13.4 Å². The molecule has 0 atom stereocenters. The summed E-state index contributed by atoms with van der Waals surface area (Å²) in [5.41, 5.74) is 9.35. The third kappa shape index (κ3) is 5.88. The van der Waals surface area contributed by atoms with E-state index in [4.69, 9.17) is 14.7 Å². The number of ether oxygens (including phenoxy) is 1. The first-order valence-electron chi connectivity index (χ1n) is 14.0. The second-order valence-corrected chi connectivity index (χ2v) is 13.2. The summed E-state index contributed by atoms with van der Waals surface area (Å²) in [6, 6.07) is 18.3. The maximum atomic E-state index is 13.0. The number of aromatic nitrogens is 2. The van der Waals surface area contributed by atoms with Crippen LogP contribution in [0.1, 0.15) is 27.0 Å². The van der Waals surface area contributed by atoms with Gasteiger partial charge in [0.15, 0.2) is 9.84 Å². The number of fused-ring (bicyclic) bond motifs is 1. The van der Waals surface area contributed by atoms with Crippen LogP contribution in [-0.2, 0) is 21.1 Å². The Morgan fingerprint density at radius 2 is 1.63 bits per heavy atom. The van der Waals surface area contributed by atoms with E-state index in [1.807, 2.05) is 42.2 Å². The number of carbonyl (C=O) groups excluding carboxylic acids is 1. The van der Waals surface area contributed by atoms with Crippen molar-refractivity contribution in [1.82, 2.24) is 19.8 Å². The van der Waals surface area contributed by atoms with Gasteiger partial charge in [0.1, 0.15) is 0 Å². The molecule has 3 aromatic carbocycles. The van der Waals surface area contributed by atoms with Crippen molar-refractivity contribution < 1.29 is 17.9 Å². The highest BCUT2D eigenvalue weighted by atomic mass is 32.2. The van der Waals surface area contributed by atoms with Gasteiger partial charge < -0.3 is 9.64 Å². The molecule has 6 rings (SSSR count). The standard InChI is InChI=1S/C32H34N4O4S/c1-22-18-24(6-7-26(22)21-35-12-16-41(38,39)17-13-35)28-4-3-5-29-31(28)34-30(20-33-29)25-8-9-27(23(2)19-25)32(37)36-10-14-40-15-11-36/h3-9,18-20H,10-17,21H2,1-2H3. The molecule has 0 spiro atoms. The summed E-state index contributed by atoms with van der Waals surface area (Å²) in [6.07, 6.45) is 1.79. The van der Waals surface area contributed by atoms with Gasteiger partial charge in [-0.2, -0.15) is 0 Å². The van der Waals surface area contributed by atoms with Crippen molar-refractivity contribution in [3.05, 3.63) is 83.0 Å². The molecule has 212 valence electrons. The van der Waals surface area contributed by atoms with Crippen molar-refractivity contribution in [2.45, 2.75) is 20.4 Å². The smallest absolute Gasteiger partial charge is 0.254 e. The SMILES string of the molecule is Cc1cc(-c2cccc3ncc(-c4ccc(C(=O)N5CCOCC5)c(C)c4)nc23)ccc1CN1CCS(=O)(=O)CC1. The van der Waals surface area contributed by atoms with E-state index in [2.05, 4.69) is 36.1 Å². The van der Waals surface area contributed by atoms with Gasteiger partial charge in [-0.1, -0.05) is 36.4 Å². The fourth-order valence-corrected chi connectivity index (χ4v) is 6.87. The minimum Gasteiger partial charge on any atom is -0.378 e. The summed E-state index contributed by atoms with van der Waals surface area (Å²) in [5, 5.41) is 0. The molecule has 2 fully saturated rings. The number of benzene rings is 3. The van der Waals surface area contributed by atoms with Crippen LogP contribution in [0.3, 0.4) is 0 Å². The molecule has 0 bridgehead atoms. The minimum atomic E-state index is -2.89. The predicted octanol–water partition coefficient (Wildman–Crippen LogP) is 4.28. The topological polar surface area (TPSA) is 92.7 Å². The van der Waals surface area contributed by atoms with Gasteiger partial charge in [-0.3, -0.25) is 14.7 Å². The largest absolute Gasteiger partial charge is 0.378 e. The van der Waals surface area contributed by atoms with E-state index in [-0.39, 0.29) is 17.4 Å². The molecule has 2 aliphatic heterocycles. The molecule has 2 aliphatic rings. The average molecular weight is 571 g/mol. The Labute approximate surface area is 240 Å². The van der Waals surface area contributed by atoms with E-state index in [0.29, 0.717) is 45.0 Å². The zero-order valence-corrected chi connectivity index (χ0v) is 24.3. The van der Waals surface area contributed by atoms with E-state index < -0.39 is 9.84 Å². The average Bonchev–Trinajstić information content (AvgIpc) is 2.98. The Morgan fingerprint density at radius 1 is 0.902 bits per heavy atom. The molecule has 1 amide bonds. The Morgan fingerprint density at radius 3 is 2.37 bits per heavy atom. The molecular formula is C32H34N4O4S. The lowest BCUT2D eigenvalue weighted by Crippen LogP contribution is -2.40. The predicted molar refractivity (Wildman–Crippen MR) is 161 cm³/mol. The number of sulfone groups is 1. The first-order valence-corrected chi connectivity index (χ1v) is 15.9. The van der Waals surface area contributed by atoms with E-state index in [0.717, 1.165) is 51.1 Å². The zero-order valence-electron chi connectivity index (χ0n) is 23.5. The summed E-state index contributed by atoms with van der Waals surface area (Å²) in [5.74, 6) is 0.495. The molecule has 1 aromatic heterocycles. The maximum Gasteiger partial charge on any atom is 0.254 e. The summed E-state index contributed by atoms with van der Waals surface area (Å²) >= 11 is 0. The Balaban J connectivity index is 1.27. The number of carbonyl (C=O) groups is 1. The van der Waals surface area contributed by atoms with E-state index in [9.17, 15) is 13.2 Å².